The summed E-state index contributed by atoms with van der Waals surface area (Å²) in [5.41, 5.74) is 0. The molecular formula is C13H24N2O4S. The topological polar surface area (TPSA) is 86.7 Å². The molecule has 116 valence electrons. The summed E-state index contributed by atoms with van der Waals surface area (Å²) in [6.45, 7) is 1.35. The average Bonchev–Trinajstić information content (AvgIpc) is 2.83. The Morgan fingerprint density at radius 2 is 2.20 bits per heavy atom. The summed E-state index contributed by atoms with van der Waals surface area (Å²) in [6.07, 6.45) is 3.79. The maximum Gasteiger partial charge on any atom is 0.224 e. The smallest absolute Gasteiger partial charge is 0.224 e. The second-order valence-corrected chi connectivity index (χ2v) is 7.95. The first-order chi connectivity index (χ1) is 9.52. The number of hydrogen-bond acceptors (Lipinski definition) is 5. The number of sulfone groups is 1. The first-order valence-electron chi connectivity index (χ1n) is 7.36. The highest BCUT2D eigenvalue weighted by Gasteiger charge is 2.32. The lowest BCUT2D eigenvalue weighted by Crippen LogP contribution is -2.48. The van der Waals surface area contributed by atoms with Gasteiger partial charge in [0.05, 0.1) is 11.5 Å². The van der Waals surface area contributed by atoms with Crippen LogP contribution in [0.15, 0.2) is 0 Å². The van der Waals surface area contributed by atoms with Crippen molar-refractivity contribution in [1.82, 2.24) is 10.2 Å². The Labute approximate surface area is 120 Å². The minimum absolute atomic E-state index is 0.0417. The normalized spacial score (nSPS) is 29.6. The maximum atomic E-state index is 12.3. The van der Waals surface area contributed by atoms with Crippen molar-refractivity contribution in [3.63, 3.8) is 0 Å². The molecule has 0 aliphatic carbocycles. The molecule has 0 bridgehead atoms. The highest BCUT2D eigenvalue weighted by atomic mass is 32.2. The molecule has 0 aromatic carbocycles. The van der Waals surface area contributed by atoms with Crippen molar-refractivity contribution < 1.29 is 18.3 Å². The Balaban J connectivity index is 1.87. The van der Waals surface area contributed by atoms with Crippen LogP contribution in [0.1, 0.15) is 32.1 Å². The third-order valence-corrected chi connectivity index (χ3v) is 5.85. The predicted molar refractivity (Wildman–Crippen MR) is 76.1 cm³/mol. The molecule has 0 radical (unpaired) electrons. The van der Waals surface area contributed by atoms with Crippen molar-refractivity contribution in [2.24, 2.45) is 0 Å². The van der Waals surface area contributed by atoms with E-state index in [2.05, 4.69) is 5.32 Å². The predicted octanol–water partition coefficient (Wildman–Crippen LogP) is -0.473. The maximum absolute atomic E-state index is 12.3. The van der Waals surface area contributed by atoms with Gasteiger partial charge >= 0.3 is 0 Å². The summed E-state index contributed by atoms with van der Waals surface area (Å²) < 4.78 is 23.2. The number of likely N-dealkylation sites (tertiary alicyclic amines) is 1. The second kappa shape index (κ2) is 6.87. The van der Waals surface area contributed by atoms with Crippen molar-refractivity contribution in [2.45, 2.75) is 44.2 Å². The van der Waals surface area contributed by atoms with Crippen LogP contribution in [0.3, 0.4) is 0 Å². The van der Waals surface area contributed by atoms with Crippen molar-refractivity contribution in [3.8, 4) is 0 Å². The van der Waals surface area contributed by atoms with Crippen molar-refractivity contribution in [2.75, 3.05) is 31.2 Å². The van der Waals surface area contributed by atoms with Gasteiger partial charge in [0, 0.05) is 38.2 Å². The van der Waals surface area contributed by atoms with E-state index in [9.17, 15) is 13.2 Å². The van der Waals surface area contributed by atoms with E-state index in [1.54, 1.807) is 0 Å². The van der Waals surface area contributed by atoms with E-state index in [-0.39, 0.29) is 42.5 Å². The fourth-order valence-electron chi connectivity index (χ4n) is 3.12. The lowest BCUT2D eigenvalue weighted by molar-refractivity contribution is -0.132. The number of carbonyl (C=O) groups excluding carboxylic acids is 1. The molecule has 2 atom stereocenters. The lowest BCUT2D eigenvalue weighted by atomic mass is 10.1. The molecule has 1 amide bonds. The van der Waals surface area contributed by atoms with Gasteiger partial charge in [-0.1, -0.05) is 0 Å². The molecule has 2 aliphatic rings. The standard InChI is InChI=1S/C13H24N2O4S/c16-7-2-4-12-3-1-6-15(12)13(17)9-11-10-20(18,19)8-5-14-11/h11-12,14,16H,1-10H2. The van der Waals surface area contributed by atoms with Gasteiger partial charge < -0.3 is 15.3 Å². The van der Waals surface area contributed by atoms with Crippen LogP contribution in [-0.4, -0.2) is 67.6 Å². The zero-order valence-corrected chi connectivity index (χ0v) is 12.6. The molecule has 2 aliphatic heterocycles. The molecule has 0 saturated carbocycles. The van der Waals surface area contributed by atoms with E-state index >= 15 is 0 Å². The van der Waals surface area contributed by atoms with Crippen molar-refractivity contribution >= 4 is 15.7 Å². The number of nitrogens with one attached hydrogen (secondary N) is 1. The van der Waals surface area contributed by atoms with Gasteiger partial charge in [-0.25, -0.2) is 8.42 Å². The van der Waals surface area contributed by atoms with Crippen LogP contribution in [0.2, 0.25) is 0 Å². The number of amides is 1. The molecule has 0 aromatic heterocycles. The number of nitrogens with zero attached hydrogens (tertiary/aromatic N) is 1. The average molecular weight is 304 g/mol. The number of rotatable bonds is 5. The number of aliphatic hydroxyl groups is 1. The summed E-state index contributed by atoms with van der Waals surface area (Å²) in [5.74, 6) is 0.272. The van der Waals surface area contributed by atoms with Crippen LogP contribution in [-0.2, 0) is 14.6 Å². The fourth-order valence-corrected chi connectivity index (χ4v) is 4.56. The third-order valence-electron chi connectivity index (χ3n) is 4.12. The SMILES string of the molecule is O=C(CC1CS(=O)(=O)CCN1)N1CCCC1CCCO. The van der Waals surface area contributed by atoms with E-state index in [1.807, 2.05) is 4.90 Å². The third kappa shape index (κ3) is 4.17. The van der Waals surface area contributed by atoms with Crippen LogP contribution in [0, 0.1) is 0 Å². The van der Waals surface area contributed by atoms with Gasteiger partial charge in [-0.05, 0) is 25.7 Å². The van der Waals surface area contributed by atoms with E-state index in [0.29, 0.717) is 13.0 Å². The quantitative estimate of drug-likeness (QED) is 0.717. The Kier molecular flexibility index (Phi) is 5.40. The molecule has 6 nitrogen and oxygen atoms in total. The summed E-state index contributed by atoms with van der Waals surface area (Å²) in [7, 11) is -3.00. The van der Waals surface area contributed by atoms with Crippen LogP contribution in [0.5, 0.6) is 0 Å². The molecule has 2 heterocycles. The Bertz CT molecular complexity index is 438. The molecule has 2 N–H and O–H groups in total. The molecule has 2 fully saturated rings. The number of hydrogen-bond donors (Lipinski definition) is 2. The van der Waals surface area contributed by atoms with E-state index in [4.69, 9.17) is 5.11 Å². The first-order valence-corrected chi connectivity index (χ1v) is 9.18. The van der Waals surface area contributed by atoms with E-state index in [1.165, 1.54) is 0 Å². The van der Waals surface area contributed by atoms with Crippen LogP contribution in [0.4, 0.5) is 0 Å². The summed E-state index contributed by atoms with van der Waals surface area (Å²) >= 11 is 0. The van der Waals surface area contributed by atoms with Gasteiger partial charge in [-0.2, -0.15) is 0 Å². The summed E-state index contributed by atoms with van der Waals surface area (Å²) in [4.78, 5) is 14.2. The minimum atomic E-state index is -3.00. The van der Waals surface area contributed by atoms with E-state index in [0.717, 1.165) is 25.8 Å². The van der Waals surface area contributed by atoms with Gasteiger partial charge in [-0.3, -0.25) is 4.79 Å². The fraction of sp³-hybridized carbons (Fsp3) is 0.923. The Morgan fingerprint density at radius 1 is 1.40 bits per heavy atom. The molecule has 7 heteroatoms. The molecule has 2 unspecified atom stereocenters. The van der Waals surface area contributed by atoms with Crippen molar-refractivity contribution in [3.05, 3.63) is 0 Å². The molecule has 2 rings (SSSR count). The minimum Gasteiger partial charge on any atom is -0.396 e. The van der Waals surface area contributed by atoms with Crippen molar-refractivity contribution in [1.29, 1.82) is 0 Å². The molecule has 20 heavy (non-hydrogen) atoms. The van der Waals surface area contributed by atoms with Gasteiger partial charge in [0.2, 0.25) is 5.91 Å². The monoisotopic (exact) mass is 304 g/mol. The van der Waals surface area contributed by atoms with Crippen LogP contribution in [0.25, 0.3) is 0 Å². The highest BCUT2D eigenvalue weighted by Crippen LogP contribution is 2.22. The number of aliphatic hydroxyl groups excluding tert-OH is 1. The van der Waals surface area contributed by atoms with Gasteiger partial charge in [0.15, 0.2) is 9.84 Å². The van der Waals surface area contributed by atoms with Gasteiger partial charge in [0.25, 0.3) is 0 Å². The molecular weight excluding hydrogens is 280 g/mol. The molecule has 2 saturated heterocycles. The Hall–Kier alpha value is -0.660. The summed E-state index contributed by atoms with van der Waals surface area (Å²) in [6, 6.07) is -0.0322. The zero-order valence-electron chi connectivity index (χ0n) is 11.8. The zero-order chi connectivity index (χ0) is 14.6. The largest absolute Gasteiger partial charge is 0.396 e. The van der Waals surface area contributed by atoms with E-state index < -0.39 is 9.84 Å². The second-order valence-electron chi connectivity index (χ2n) is 5.72. The van der Waals surface area contributed by atoms with Crippen LogP contribution >= 0.6 is 0 Å². The van der Waals surface area contributed by atoms with Crippen LogP contribution < -0.4 is 5.32 Å². The molecule has 0 aromatic rings. The number of carbonyl (C=O) groups is 1. The highest BCUT2D eigenvalue weighted by molar-refractivity contribution is 7.91. The Morgan fingerprint density at radius 3 is 2.90 bits per heavy atom. The van der Waals surface area contributed by atoms with Gasteiger partial charge in [0.1, 0.15) is 0 Å². The molecule has 0 spiro atoms. The summed E-state index contributed by atoms with van der Waals surface area (Å²) in [5, 5.41) is 12.0. The van der Waals surface area contributed by atoms with Gasteiger partial charge in [-0.15, -0.1) is 0 Å². The first kappa shape index (κ1) is 15.7. The lowest BCUT2D eigenvalue weighted by Gasteiger charge is -2.28.